The van der Waals surface area contributed by atoms with Crippen LogP contribution in [0.25, 0.3) is 11.6 Å². The Bertz CT molecular complexity index is 1080. The van der Waals surface area contributed by atoms with Crippen molar-refractivity contribution in [1.29, 1.82) is 5.26 Å². The molecule has 0 saturated carbocycles. The molecule has 3 aromatic carbocycles. The third-order valence-electron chi connectivity index (χ3n) is 5.06. The van der Waals surface area contributed by atoms with Gasteiger partial charge in [0.05, 0.1) is 18.2 Å². The van der Waals surface area contributed by atoms with E-state index in [-0.39, 0.29) is 0 Å². The first kappa shape index (κ1) is 24.0. The van der Waals surface area contributed by atoms with Crippen LogP contribution in [0, 0.1) is 11.3 Å². The molecule has 0 spiro atoms. The van der Waals surface area contributed by atoms with Crippen molar-refractivity contribution in [3.63, 3.8) is 0 Å². The lowest BCUT2D eigenvalue weighted by atomic mass is 10.0. The first-order valence-electron chi connectivity index (χ1n) is 11.3. The lowest BCUT2D eigenvalue weighted by Gasteiger charge is -2.11. The number of hydrogen-bond donors (Lipinski definition) is 2. The van der Waals surface area contributed by atoms with Gasteiger partial charge in [0, 0.05) is 11.4 Å². The van der Waals surface area contributed by atoms with Gasteiger partial charge in [-0.2, -0.15) is 5.26 Å². The largest absolute Gasteiger partial charge is 0.494 e. The predicted molar refractivity (Wildman–Crippen MR) is 142 cm³/mol. The Morgan fingerprint density at radius 1 is 0.879 bits per heavy atom. The summed E-state index contributed by atoms with van der Waals surface area (Å²) in [6.45, 7) is 2.94. The molecule has 2 N–H and O–H groups in total. The molecule has 0 aliphatic heterocycles. The minimum Gasteiger partial charge on any atom is -0.494 e. The Balaban J connectivity index is 1.57. The van der Waals surface area contributed by atoms with Crippen LogP contribution in [0.2, 0.25) is 0 Å². The molecule has 0 fully saturated rings. The van der Waals surface area contributed by atoms with Crippen LogP contribution in [0.15, 0.2) is 78.9 Å². The number of thiocarbonyl (C=S) groups is 1. The van der Waals surface area contributed by atoms with E-state index in [1.807, 2.05) is 84.9 Å². The molecular formula is C28H29N3OS. The lowest BCUT2D eigenvalue weighted by molar-refractivity contribution is 0.305. The molecule has 0 atom stereocenters. The molecule has 0 aliphatic carbocycles. The number of ether oxygens (including phenoxy) is 1. The number of hydrogen-bond acceptors (Lipinski definition) is 3. The molecule has 3 rings (SSSR count). The van der Waals surface area contributed by atoms with Crippen LogP contribution in [0.4, 0.5) is 11.4 Å². The van der Waals surface area contributed by atoms with E-state index in [1.165, 1.54) is 19.3 Å². The van der Waals surface area contributed by atoms with E-state index in [0.29, 0.717) is 10.7 Å². The second-order valence-electron chi connectivity index (χ2n) is 7.67. The summed E-state index contributed by atoms with van der Waals surface area (Å²) >= 11 is 5.37. The summed E-state index contributed by atoms with van der Waals surface area (Å²) in [7, 11) is 0. The minimum absolute atomic E-state index is 0.512. The van der Waals surface area contributed by atoms with Gasteiger partial charge in [0.2, 0.25) is 0 Å². The highest BCUT2D eigenvalue weighted by atomic mass is 32.1. The SMILES string of the molecule is CCCCCCOc1ccc(/C=C(\C#N)c2ccc(NC(=S)Nc3ccccc3)cc2)cc1. The highest BCUT2D eigenvalue weighted by Crippen LogP contribution is 2.22. The highest BCUT2D eigenvalue weighted by Gasteiger charge is 2.04. The number of para-hydroxylation sites is 1. The molecule has 0 saturated heterocycles. The van der Waals surface area contributed by atoms with Gasteiger partial charge >= 0.3 is 0 Å². The molecule has 0 bridgehead atoms. The molecule has 4 nitrogen and oxygen atoms in total. The van der Waals surface area contributed by atoms with E-state index in [1.54, 1.807) is 0 Å². The van der Waals surface area contributed by atoms with E-state index in [4.69, 9.17) is 17.0 Å². The molecule has 33 heavy (non-hydrogen) atoms. The summed E-state index contributed by atoms with van der Waals surface area (Å²) in [5, 5.41) is 16.5. The maximum atomic E-state index is 9.67. The first-order chi connectivity index (χ1) is 16.2. The molecule has 5 heteroatoms. The molecular weight excluding hydrogens is 426 g/mol. The third-order valence-corrected chi connectivity index (χ3v) is 5.27. The number of nitrogens with one attached hydrogen (secondary N) is 2. The predicted octanol–water partition coefficient (Wildman–Crippen LogP) is 7.52. The maximum absolute atomic E-state index is 9.67. The number of benzene rings is 3. The molecule has 0 heterocycles. The summed E-state index contributed by atoms with van der Waals surface area (Å²) in [6.07, 6.45) is 6.63. The van der Waals surface area contributed by atoms with Gasteiger partial charge in [-0.05, 0) is 72.2 Å². The van der Waals surface area contributed by atoms with Gasteiger partial charge in [0.15, 0.2) is 5.11 Å². The lowest BCUT2D eigenvalue weighted by Crippen LogP contribution is -2.18. The van der Waals surface area contributed by atoms with Crippen molar-refractivity contribution in [3.8, 4) is 11.8 Å². The van der Waals surface area contributed by atoms with Crippen LogP contribution >= 0.6 is 12.2 Å². The number of allylic oxidation sites excluding steroid dienone is 1. The molecule has 0 aromatic heterocycles. The van der Waals surface area contributed by atoms with Gasteiger partial charge in [-0.15, -0.1) is 0 Å². The Labute approximate surface area is 201 Å². The summed E-state index contributed by atoms with van der Waals surface area (Å²) < 4.78 is 5.80. The second kappa shape index (κ2) is 13.0. The van der Waals surface area contributed by atoms with Crippen LogP contribution in [0.3, 0.4) is 0 Å². The average molecular weight is 456 g/mol. The van der Waals surface area contributed by atoms with Gasteiger partial charge in [0.25, 0.3) is 0 Å². The molecule has 3 aromatic rings. The van der Waals surface area contributed by atoms with Crippen molar-refractivity contribution < 1.29 is 4.74 Å². The summed E-state index contributed by atoms with van der Waals surface area (Å²) in [6, 6.07) is 27.6. The maximum Gasteiger partial charge on any atom is 0.175 e. The quantitative estimate of drug-likeness (QED) is 0.143. The summed E-state index contributed by atoms with van der Waals surface area (Å²) in [5.74, 6) is 0.859. The molecule has 0 unspecified atom stereocenters. The number of rotatable bonds is 10. The fourth-order valence-electron chi connectivity index (χ4n) is 3.27. The summed E-state index contributed by atoms with van der Waals surface area (Å²) in [4.78, 5) is 0. The van der Waals surface area contributed by atoms with Gasteiger partial charge in [-0.3, -0.25) is 0 Å². The Kier molecular flexibility index (Phi) is 9.50. The van der Waals surface area contributed by atoms with Crippen LogP contribution in [0.5, 0.6) is 5.75 Å². The standard InChI is InChI=1S/C28H29N3OS/c1-2-3-4-8-19-32-27-17-11-22(12-18-27)20-24(21-29)23-13-15-26(16-14-23)31-28(33)30-25-9-6-5-7-10-25/h5-7,9-18,20H,2-4,8,19H2,1H3,(H2,30,31,33)/b24-20+. The Hall–Kier alpha value is -3.62. The van der Waals surface area contributed by atoms with E-state index in [9.17, 15) is 5.26 Å². The van der Waals surface area contributed by atoms with Crippen LogP contribution < -0.4 is 15.4 Å². The number of nitrogens with zero attached hydrogens (tertiary/aromatic N) is 1. The van der Waals surface area contributed by atoms with Gasteiger partial charge in [0.1, 0.15) is 5.75 Å². The second-order valence-corrected chi connectivity index (χ2v) is 8.08. The van der Waals surface area contributed by atoms with Crippen LogP contribution in [-0.2, 0) is 0 Å². The zero-order chi connectivity index (χ0) is 23.3. The summed E-state index contributed by atoms with van der Waals surface area (Å²) in [5.41, 5.74) is 4.18. The van der Waals surface area contributed by atoms with E-state index in [0.717, 1.165) is 41.3 Å². The molecule has 168 valence electrons. The number of anilines is 2. The van der Waals surface area contributed by atoms with E-state index in [2.05, 4.69) is 23.6 Å². The minimum atomic E-state index is 0.512. The highest BCUT2D eigenvalue weighted by molar-refractivity contribution is 7.80. The van der Waals surface area contributed by atoms with Crippen molar-refractivity contribution in [2.24, 2.45) is 0 Å². The van der Waals surface area contributed by atoms with Crippen LogP contribution in [0.1, 0.15) is 43.7 Å². The van der Waals surface area contributed by atoms with Crippen molar-refractivity contribution in [2.45, 2.75) is 32.6 Å². The Morgan fingerprint density at radius 3 is 2.18 bits per heavy atom. The van der Waals surface area contributed by atoms with Crippen molar-refractivity contribution in [2.75, 3.05) is 17.2 Å². The van der Waals surface area contributed by atoms with Crippen molar-refractivity contribution in [1.82, 2.24) is 0 Å². The zero-order valence-electron chi connectivity index (χ0n) is 18.9. The van der Waals surface area contributed by atoms with Crippen molar-refractivity contribution in [3.05, 3.63) is 90.0 Å². The van der Waals surface area contributed by atoms with E-state index >= 15 is 0 Å². The topological polar surface area (TPSA) is 57.1 Å². The fourth-order valence-corrected chi connectivity index (χ4v) is 3.51. The van der Waals surface area contributed by atoms with E-state index < -0.39 is 0 Å². The molecule has 0 aliphatic rings. The van der Waals surface area contributed by atoms with Crippen LogP contribution in [-0.4, -0.2) is 11.7 Å². The van der Waals surface area contributed by atoms with Crippen molar-refractivity contribution >= 4 is 40.4 Å². The normalized spacial score (nSPS) is 10.8. The smallest absolute Gasteiger partial charge is 0.175 e. The Morgan fingerprint density at radius 2 is 1.55 bits per heavy atom. The third kappa shape index (κ3) is 8.10. The number of nitriles is 1. The number of unbranched alkanes of at least 4 members (excludes halogenated alkanes) is 3. The van der Waals surface area contributed by atoms with Gasteiger partial charge in [-0.25, -0.2) is 0 Å². The molecule has 0 amide bonds. The van der Waals surface area contributed by atoms with Gasteiger partial charge in [-0.1, -0.05) is 68.7 Å². The fraction of sp³-hybridized carbons (Fsp3) is 0.214. The monoisotopic (exact) mass is 455 g/mol. The van der Waals surface area contributed by atoms with Gasteiger partial charge < -0.3 is 15.4 Å². The first-order valence-corrected chi connectivity index (χ1v) is 11.7. The zero-order valence-corrected chi connectivity index (χ0v) is 19.7. The average Bonchev–Trinajstić information content (AvgIpc) is 2.84. The molecule has 0 radical (unpaired) electrons.